The molecule has 2 aromatic heterocycles. The van der Waals surface area contributed by atoms with Crippen molar-refractivity contribution in [3.8, 4) is 5.75 Å². The van der Waals surface area contributed by atoms with Crippen molar-refractivity contribution in [1.82, 2.24) is 25.3 Å². The van der Waals surface area contributed by atoms with E-state index in [-0.39, 0.29) is 0 Å². The molecule has 1 aromatic carbocycles. The van der Waals surface area contributed by atoms with Crippen molar-refractivity contribution < 1.29 is 4.74 Å². The number of anilines is 1. The quantitative estimate of drug-likeness (QED) is 0.735. The Morgan fingerprint density at radius 1 is 1.14 bits per heavy atom. The highest BCUT2D eigenvalue weighted by molar-refractivity contribution is 5.48. The molecule has 0 aliphatic carbocycles. The van der Waals surface area contributed by atoms with Gasteiger partial charge in [-0.1, -0.05) is 12.1 Å². The molecule has 7 heteroatoms. The van der Waals surface area contributed by atoms with Crippen molar-refractivity contribution in [2.24, 2.45) is 0 Å². The van der Waals surface area contributed by atoms with Crippen LogP contribution in [0.3, 0.4) is 0 Å². The molecule has 0 spiro atoms. The number of methoxy groups -OCH3 is 1. The predicted molar refractivity (Wildman–Crippen MR) is 80.9 cm³/mol. The lowest BCUT2D eigenvalue weighted by molar-refractivity contribution is 0.414. The number of hydrogen-bond acceptors (Lipinski definition) is 6. The molecule has 7 nitrogen and oxygen atoms in total. The summed E-state index contributed by atoms with van der Waals surface area (Å²) in [4.78, 5) is 2.31. The minimum Gasteiger partial charge on any atom is -0.497 e. The molecule has 1 atom stereocenters. The van der Waals surface area contributed by atoms with Gasteiger partial charge in [0.15, 0.2) is 11.5 Å². The van der Waals surface area contributed by atoms with Crippen LogP contribution in [0.2, 0.25) is 0 Å². The SMILES string of the molecule is COc1ccc([C@@H]2CCCN2c2ccc3nnnn3n2)cc1. The summed E-state index contributed by atoms with van der Waals surface area (Å²) in [5, 5.41) is 15.9. The van der Waals surface area contributed by atoms with E-state index < -0.39 is 0 Å². The summed E-state index contributed by atoms with van der Waals surface area (Å²) in [5.41, 5.74) is 1.93. The van der Waals surface area contributed by atoms with E-state index >= 15 is 0 Å². The minimum absolute atomic E-state index is 0.326. The molecule has 0 N–H and O–H groups in total. The average molecular weight is 296 g/mol. The fourth-order valence-electron chi connectivity index (χ4n) is 3.01. The Hall–Kier alpha value is -2.70. The van der Waals surface area contributed by atoms with Gasteiger partial charge in [0.25, 0.3) is 0 Å². The normalized spacial score (nSPS) is 18.0. The van der Waals surface area contributed by atoms with Crippen LogP contribution >= 0.6 is 0 Å². The number of aromatic nitrogens is 5. The highest BCUT2D eigenvalue weighted by Gasteiger charge is 2.27. The molecule has 0 unspecified atom stereocenters. The Morgan fingerprint density at radius 2 is 2.00 bits per heavy atom. The lowest BCUT2D eigenvalue weighted by atomic mass is 10.0. The molecule has 1 saturated heterocycles. The highest BCUT2D eigenvalue weighted by atomic mass is 16.5. The molecule has 22 heavy (non-hydrogen) atoms. The Balaban J connectivity index is 1.67. The van der Waals surface area contributed by atoms with E-state index in [1.807, 2.05) is 24.3 Å². The Kier molecular flexibility index (Phi) is 3.10. The summed E-state index contributed by atoms with van der Waals surface area (Å²) in [6.07, 6.45) is 2.26. The minimum atomic E-state index is 0.326. The first-order chi connectivity index (χ1) is 10.8. The van der Waals surface area contributed by atoms with Crippen LogP contribution in [0.5, 0.6) is 5.75 Å². The number of tetrazole rings is 1. The maximum atomic E-state index is 5.23. The first kappa shape index (κ1) is 13.0. The summed E-state index contributed by atoms with van der Waals surface area (Å²) in [6.45, 7) is 0.983. The van der Waals surface area contributed by atoms with Crippen molar-refractivity contribution in [3.63, 3.8) is 0 Å². The fraction of sp³-hybridized carbons (Fsp3) is 0.333. The van der Waals surface area contributed by atoms with Gasteiger partial charge in [-0.2, -0.15) is 0 Å². The zero-order valence-electron chi connectivity index (χ0n) is 12.3. The smallest absolute Gasteiger partial charge is 0.200 e. The highest BCUT2D eigenvalue weighted by Crippen LogP contribution is 2.35. The molecule has 0 saturated carbocycles. The first-order valence-corrected chi connectivity index (χ1v) is 7.31. The van der Waals surface area contributed by atoms with Crippen molar-refractivity contribution in [3.05, 3.63) is 42.0 Å². The van der Waals surface area contributed by atoms with E-state index in [2.05, 4.69) is 37.7 Å². The summed E-state index contributed by atoms with van der Waals surface area (Å²) in [6, 6.07) is 12.5. The van der Waals surface area contributed by atoms with Gasteiger partial charge in [-0.05, 0) is 53.1 Å². The summed E-state index contributed by atoms with van der Waals surface area (Å²) >= 11 is 0. The van der Waals surface area contributed by atoms with E-state index in [4.69, 9.17) is 4.74 Å². The number of fused-ring (bicyclic) bond motifs is 1. The zero-order chi connectivity index (χ0) is 14.9. The van der Waals surface area contributed by atoms with E-state index in [0.29, 0.717) is 11.7 Å². The topological polar surface area (TPSA) is 68.4 Å². The molecule has 0 bridgehead atoms. The van der Waals surface area contributed by atoms with Gasteiger partial charge in [-0.25, -0.2) is 0 Å². The van der Waals surface area contributed by atoms with Crippen LogP contribution in [0, 0.1) is 0 Å². The molecule has 1 aliphatic heterocycles. The molecular formula is C15H16N6O. The largest absolute Gasteiger partial charge is 0.497 e. The molecule has 0 radical (unpaired) electrons. The van der Waals surface area contributed by atoms with E-state index in [9.17, 15) is 0 Å². The molecule has 3 aromatic rings. The van der Waals surface area contributed by atoms with Gasteiger partial charge in [0.05, 0.1) is 13.2 Å². The molecule has 1 fully saturated rings. The van der Waals surface area contributed by atoms with E-state index in [0.717, 1.165) is 31.0 Å². The second kappa shape index (κ2) is 5.25. The van der Waals surface area contributed by atoms with Crippen LogP contribution in [0.1, 0.15) is 24.4 Å². The zero-order valence-corrected chi connectivity index (χ0v) is 12.3. The van der Waals surface area contributed by atoms with Gasteiger partial charge in [0.2, 0.25) is 0 Å². The standard InChI is InChI=1S/C15H16N6O/c1-22-12-6-4-11(5-7-12)13-3-2-10-20(13)15-9-8-14-16-18-19-21(14)17-15/h4-9,13H,2-3,10H2,1H3/t13-/m0/s1. The number of nitrogens with zero attached hydrogens (tertiary/aromatic N) is 6. The molecule has 4 rings (SSSR count). The number of benzene rings is 1. The van der Waals surface area contributed by atoms with Gasteiger partial charge in [0.1, 0.15) is 5.75 Å². The summed E-state index contributed by atoms with van der Waals surface area (Å²) in [7, 11) is 1.68. The Morgan fingerprint density at radius 3 is 2.82 bits per heavy atom. The molecule has 0 amide bonds. The molecule has 112 valence electrons. The monoisotopic (exact) mass is 296 g/mol. The van der Waals surface area contributed by atoms with Crippen molar-refractivity contribution >= 4 is 11.5 Å². The van der Waals surface area contributed by atoms with Crippen LogP contribution in [0.4, 0.5) is 5.82 Å². The number of ether oxygens (including phenoxy) is 1. The number of hydrogen-bond donors (Lipinski definition) is 0. The second-order valence-electron chi connectivity index (χ2n) is 5.34. The predicted octanol–water partition coefficient (Wildman–Crippen LogP) is 1.87. The summed E-state index contributed by atoms with van der Waals surface area (Å²) < 4.78 is 6.70. The Labute approximate surface area is 127 Å². The van der Waals surface area contributed by atoms with Gasteiger partial charge < -0.3 is 9.64 Å². The third kappa shape index (κ3) is 2.14. The lowest BCUT2D eigenvalue weighted by Gasteiger charge is -2.25. The first-order valence-electron chi connectivity index (χ1n) is 7.31. The Bertz CT molecular complexity index is 784. The molecular weight excluding hydrogens is 280 g/mol. The van der Waals surface area contributed by atoms with Crippen LogP contribution < -0.4 is 9.64 Å². The second-order valence-corrected chi connectivity index (χ2v) is 5.34. The van der Waals surface area contributed by atoms with Gasteiger partial charge in [0, 0.05) is 6.54 Å². The van der Waals surface area contributed by atoms with Crippen molar-refractivity contribution in [2.75, 3.05) is 18.6 Å². The summed E-state index contributed by atoms with van der Waals surface area (Å²) in [5.74, 6) is 1.78. The van der Waals surface area contributed by atoms with Gasteiger partial charge in [-0.15, -0.1) is 14.8 Å². The molecule has 3 heterocycles. The fourth-order valence-corrected chi connectivity index (χ4v) is 3.01. The van der Waals surface area contributed by atoms with Gasteiger partial charge >= 0.3 is 0 Å². The molecule has 1 aliphatic rings. The van der Waals surface area contributed by atoms with Crippen LogP contribution in [0.25, 0.3) is 5.65 Å². The van der Waals surface area contributed by atoms with E-state index in [1.54, 1.807) is 7.11 Å². The van der Waals surface area contributed by atoms with Crippen LogP contribution in [-0.2, 0) is 0 Å². The van der Waals surface area contributed by atoms with Gasteiger partial charge in [-0.3, -0.25) is 0 Å². The third-order valence-corrected chi connectivity index (χ3v) is 4.10. The third-order valence-electron chi connectivity index (χ3n) is 4.10. The average Bonchev–Trinajstić information content (AvgIpc) is 3.23. The van der Waals surface area contributed by atoms with Crippen molar-refractivity contribution in [2.45, 2.75) is 18.9 Å². The maximum absolute atomic E-state index is 5.23. The maximum Gasteiger partial charge on any atom is 0.200 e. The lowest BCUT2D eigenvalue weighted by Crippen LogP contribution is -2.24. The van der Waals surface area contributed by atoms with Crippen molar-refractivity contribution in [1.29, 1.82) is 0 Å². The van der Waals surface area contributed by atoms with Crippen LogP contribution in [-0.4, -0.2) is 38.9 Å². The van der Waals surface area contributed by atoms with Crippen LogP contribution in [0.15, 0.2) is 36.4 Å². The van der Waals surface area contributed by atoms with E-state index in [1.165, 1.54) is 10.2 Å². The number of rotatable bonds is 3.